The fraction of sp³-hybridized carbons (Fsp3) is 0.111. The maximum absolute atomic E-state index is 10.3. The molecule has 7 heteroatoms. The minimum atomic E-state index is -1.11. The molecule has 0 unspecified atom stereocenters. The zero-order chi connectivity index (χ0) is 11.1. The van der Waals surface area contributed by atoms with Crippen molar-refractivity contribution in [3.05, 3.63) is 29.8 Å². The molecule has 0 aliphatic heterocycles. The van der Waals surface area contributed by atoms with Crippen molar-refractivity contribution >= 4 is 49.7 Å². The van der Waals surface area contributed by atoms with E-state index in [1.54, 1.807) is 12.1 Å². The van der Waals surface area contributed by atoms with Crippen molar-refractivity contribution < 1.29 is 58.7 Å². The number of hydrogen-bond acceptors (Lipinski definition) is 3. The first-order valence-electron chi connectivity index (χ1n) is 3.66. The molecule has 1 rings (SSSR count). The summed E-state index contributed by atoms with van der Waals surface area (Å²) in [5, 5.41) is 24.7. The van der Waals surface area contributed by atoms with Crippen molar-refractivity contribution in [3.63, 3.8) is 0 Å². The largest absolute Gasteiger partial charge is 2.00 e. The standard InChI is InChI=1S/C7H6O3.C2H4O2.Ca.Na.3H/c8-6-4-2-1-3-5(6)7(9)10;1-2(3)4;;;;;/h1-4,8H,(H,9,10);1H3,(H,3,4);;;;;/q;;+2;+1;3*-1. The van der Waals surface area contributed by atoms with Crippen LogP contribution in [-0.2, 0) is 4.79 Å². The molecule has 0 aliphatic carbocycles. The van der Waals surface area contributed by atoms with Crippen LogP contribution in [0.3, 0.4) is 0 Å². The first-order valence-corrected chi connectivity index (χ1v) is 3.66. The van der Waals surface area contributed by atoms with Gasteiger partial charge in [-0.2, -0.15) is 0 Å². The molecule has 1 aromatic rings. The summed E-state index contributed by atoms with van der Waals surface area (Å²) in [6.45, 7) is 1.08. The van der Waals surface area contributed by atoms with Crippen molar-refractivity contribution in [3.8, 4) is 5.75 Å². The van der Waals surface area contributed by atoms with Gasteiger partial charge in [0.2, 0.25) is 0 Å². The van der Waals surface area contributed by atoms with Gasteiger partial charge in [-0.15, -0.1) is 0 Å². The van der Waals surface area contributed by atoms with Crippen LogP contribution in [0, 0.1) is 0 Å². The molecular weight excluding hydrogens is 251 g/mol. The molecule has 1 aromatic carbocycles. The SMILES string of the molecule is CC(=O)O.O=C(O)c1ccccc1O.[Ca+2].[H-].[H-].[H-].[Na+]. The van der Waals surface area contributed by atoms with Gasteiger partial charge >= 0.3 is 73.3 Å². The van der Waals surface area contributed by atoms with Gasteiger partial charge in [0.25, 0.3) is 5.97 Å². The monoisotopic (exact) mass is 264 g/mol. The average Bonchev–Trinajstić information content (AvgIpc) is 2.03. The van der Waals surface area contributed by atoms with E-state index >= 15 is 0 Å². The molecular formula is C9H13CaNaO5. The van der Waals surface area contributed by atoms with Crippen molar-refractivity contribution in [2.24, 2.45) is 0 Å². The number of rotatable bonds is 1. The van der Waals surface area contributed by atoms with Gasteiger partial charge in [-0.25, -0.2) is 4.79 Å². The Balaban J connectivity index is -0.0000000426. The van der Waals surface area contributed by atoms with E-state index in [0.29, 0.717) is 0 Å². The number of benzene rings is 1. The number of para-hydroxylation sites is 1. The first-order chi connectivity index (χ1) is 6.45. The molecule has 0 heterocycles. The molecule has 0 saturated carbocycles. The molecule has 3 N–H and O–H groups in total. The van der Waals surface area contributed by atoms with Gasteiger partial charge in [0, 0.05) is 6.92 Å². The van der Waals surface area contributed by atoms with Crippen molar-refractivity contribution in [2.45, 2.75) is 6.92 Å². The van der Waals surface area contributed by atoms with Gasteiger partial charge in [0.1, 0.15) is 11.3 Å². The Morgan fingerprint density at radius 2 is 1.56 bits per heavy atom. The quantitative estimate of drug-likeness (QED) is 0.517. The molecule has 0 spiro atoms. The van der Waals surface area contributed by atoms with Gasteiger partial charge < -0.3 is 19.6 Å². The normalized spacial score (nSPS) is 7.31. The van der Waals surface area contributed by atoms with E-state index in [4.69, 9.17) is 20.1 Å². The number of carboxylic acid groups (broad SMARTS) is 2. The summed E-state index contributed by atoms with van der Waals surface area (Å²) in [7, 11) is 0. The molecule has 0 aromatic heterocycles. The Labute approximate surface area is 149 Å². The predicted octanol–water partition coefficient (Wildman–Crippen LogP) is -1.86. The molecule has 82 valence electrons. The van der Waals surface area contributed by atoms with Gasteiger partial charge in [-0.1, -0.05) is 12.1 Å². The van der Waals surface area contributed by atoms with Crippen LogP contribution in [0.4, 0.5) is 0 Å². The summed E-state index contributed by atoms with van der Waals surface area (Å²) in [6.07, 6.45) is 0. The molecule has 16 heavy (non-hydrogen) atoms. The van der Waals surface area contributed by atoms with Crippen LogP contribution in [0.25, 0.3) is 0 Å². The van der Waals surface area contributed by atoms with Crippen LogP contribution < -0.4 is 29.6 Å². The van der Waals surface area contributed by atoms with Crippen LogP contribution in [0.15, 0.2) is 24.3 Å². The third-order valence-corrected chi connectivity index (χ3v) is 1.13. The van der Waals surface area contributed by atoms with Crippen LogP contribution in [0.2, 0.25) is 0 Å². The van der Waals surface area contributed by atoms with E-state index in [-0.39, 0.29) is 82.9 Å². The van der Waals surface area contributed by atoms with E-state index in [2.05, 4.69) is 0 Å². The molecule has 5 nitrogen and oxygen atoms in total. The Morgan fingerprint density at radius 1 is 1.19 bits per heavy atom. The maximum atomic E-state index is 10.3. The molecule has 0 atom stereocenters. The molecule has 0 fully saturated rings. The topological polar surface area (TPSA) is 94.8 Å². The maximum Gasteiger partial charge on any atom is 2.00 e. The number of aliphatic carboxylic acids is 1. The van der Waals surface area contributed by atoms with Crippen molar-refractivity contribution in [1.29, 1.82) is 0 Å². The van der Waals surface area contributed by atoms with Crippen molar-refractivity contribution in [2.75, 3.05) is 0 Å². The second kappa shape index (κ2) is 11.7. The summed E-state index contributed by atoms with van der Waals surface area (Å²) in [5.74, 6) is -2.15. The predicted molar refractivity (Wildman–Crippen MR) is 57.5 cm³/mol. The summed E-state index contributed by atoms with van der Waals surface area (Å²) >= 11 is 0. The molecule has 0 saturated heterocycles. The van der Waals surface area contributed by atoms with Crippen LogP contribution >= 0.6 is 0 Å². The Kier molecular flexibility index (Phi) is 15.7. The molecule has 0 amide bonds. The van der Waals surface area contributed by atoms with E-state index in [0.717, 1.165) is 6.92 Å². The number of aromatic hydroxyl groups is 1. The van der Waals surface area contributed by atoms with Gasteiger partial charge in [-0.05, 0) is 12.1 Å². The number of phenols is 1. The van der Waals surface area contributed by atoms with E-state index in [9.17, 15) is 4.79 Å². The third-order valence-electron chi connectivity index (χ3n) is 1.13. The zero-order valence-corrected chi connectivity index (χ0v) is 13.4. The fourth-order valence-corrected chi connectivity index (χ4v) is 0.654. The second-order valence-electron chi connectivity index (χ2n) is 2.34. The van der Waals surface area contributed by atoms with E-state index < -0.39 is 11.9 Å². The first kappa shape index (κ1) is 21.5. The Bertz CT molecular complexity index is 350. The van der Waals surface area contributed by atoms with E-state index in [1.807, 2.05) is 0 Å². The van der Waals surface area contributed by atoms with Crippen molar-refractivity contribution in [1.82, 2.24) is 0 Å². The number of carbonyl (C=O) groups is 2. The average molecular weight is 264 g/mol. The minimum Gasteiger partial charge on any atom is -1.00 e. The molecule has 0 aliphatic rings. The zero-order valence-electron chi connectivity index (χ0n) is 12.2. The number of carboxylic acids is 2. The van der Waals surface area contributed by atoms with Gasteiger partial charge in [0.15, 0.2) is 0 Å². The van der Waals surface area contributed by atoms with Crippen LogP contribution in [0.1, 0.15) is 21.6 Å². The minimum absolute atomic E-state index is 0. The molecule has 0 bridgehead atoms. The number of aromatic carboxylic acids is 1. The Morgan fingerprint density at radius 3 is 1.81 bits per heavy atom. The molecule has 0 radical (unpaired) electrons. The number of hydrogen-bond donors (Lipinski definition) is 3. The summed E-state index contributed by atoms with van der Waals surface area (Å²) in [4.78, 5) is 19.3. The smallest absolute Gasteiger partial charge is 1.00 e. The Hall–Kier alpha value is 0.220. The summed E-state index contributed by atoms with van der Waals surface area (Å²) < 4.78 is 0. The van der Waals surface area contributed by atoms with E-state index in [1.165, 1.54) is 12.1 Å². The second-order valence-corrected chi connectivity index (χ2v) is 2.34. The third kappa shape index (κ3) is 10.7. The summed E-state index contributed by atoms with van der Waals surface area (Å²) in [5.41, 5.74) is -0.0671. The van der Waals surface area contributed by atoms with Gasteiger partial charge in [0.05, 0.1) is 0 Å². The van der Waals surface area contributed by atoms with Crippen LogP contribution in [0.5, 0.6) is 5.75 Å². The van der Waals surface area contributed by atoms with Gasteiger partial charge in [-0.3, -0.25) is 4.79 Å². The summed E-state index contributed by atoms with van der Waals surface area (Å²) in [6, 6.07) is 5.81. The fourth-order valence-electron chi connectivity index (χ4n) is 0.654. The van der Waals surface area contributed by atoms with Crippen LogP contribution in [-0.4, -0.2) is 65.0 Å².